The predicted molar refractivity (Wildman–Crippen MR) is 66.0 cm³/mol. The third-order valence-corrected chi connectivity index (χ3v) is 3.25. The number of anilines is 1. The Labute approximate surface area is 97.2 Å². The Morgan fingerprint density at radius 3 is 2.81 bits per heavy atom. The summed E-state index contributed by atoms with van der Waals surface area (Å²) in [5.41, 5.74) is 1.02. The summed E-state index contributed by atoms with van der Waals surface area (Å²) >= 11 is 0. The van der Waals surface area contributed by atoms with Crippen molar-refractivity contribution in [2.45, 2.75) is 39.2 Å². The van der Waals surface area contributed by atoms with E-state index in [2.05, 4.69) is 17.2 Å². The fraction of sp³-hybridized carbons (Fsp3) is 0.615. The summed E-state index contributed by atoms with van der Waals surface area (Å²) in [4.78, 5) is 4.50. The third kappa shape index (κ3) is 2.46. The molecule has 2 rings (SSSR count). The van der Waals surface area contributed by atoms with Crippen LogP contribution in [-0.4, -0.2) is 18.1 Å². The monoisotopic (exact) mass is 220 g/mol. The van der Waals surface area contributed by atoms with Gasteiger partial charge in [-0.05, 0) is 44.2 Å². The van der Waals surface area contributed by atoms with Gasteiger partial charge in [0.05, 0.1) is 7.11 Å². The van der Waals surface area contributed by atoms with E-state index in [9.17, 15) is 0 Å². The molecule has 3 heteroatoms. The highest BCUT2D eigenvalue weighted by molar-refractivity contribution is 5.51. The van der Waals surface area contributed by atoms with Gasteiger partial charge in [0.2, 0.25) is 0 Å². The maximum atomic E-state index is 5.31. The van der Waals surface area contributed by atoms with Crippen LogP contribution in [0.4, 0.5) is 5.82 Å². The van der Waals surface area contributed by atoms with E-state index < -0.39 is 0 Å². The number of nitrogens with one attached hydrogen (secondary N) is 1. The molecule has 2 unspecified atom stereocenters. The minimum absolute atomic E-state index is 0.554. The molecule has 0 bridgehead atoms. The lowest BCUT2D eigenvalue weighted by molar-refractivity contribution is 0.414. The van der Waals surface area contributed by atoms with Gasteiger partial charge in [-0.1, -0.05) is 6.92 Å². The van der Waals surface area contributed by atoms with Gasteiger partial charge in [0, 0.05) is 11.7 Å². The summed E-state index contributed by atoms with van der Waals surface area (Å²) in [7, 11) is 1.69. The van der Waals surface area contributed by atoms with Crippen molar-refractivity contribution in [1.82, 2.24) is 4.98 Å². The molecule has 88 valence electrons. The Morgan fingerprint density at radius 1 is 1.38 bits per heavy atom. The molecule has 0 spiro atoms. The Kier molecular flexibility index (Phi) is 3.32. The molecule has 1 aromatic rings. The number of pyridine rings is 1. The maximum absolute atomic E-state index is 5.31. The van der Waals surface area contributed by atoms with Crippen LogP contribution in [0.1, 0.15) is 31.9 Å². The molecule has 0 radical (unpaired) electrons. The predicted octanol–water partition coefficient (Wildman–Crippen LogP) is 3.00. The fourth-order valence-corrected chi connectivity index (χ4v) is 2.34. The molecule has 1 fully saturated rings. The average Bonchev–Trinajstić information content (AvgIpc) is 2.64. The highest BCUT2D eigenvalue weighted by Crippen LogP contribution is 2.30. The Balaban J connectivity index is 2.10. The minimum Gasteiger partial charge on any atom is -0.493 e. The van der Waals surface area contributed by atoms with Gasteiger partial charge in [0.25, 0.3) is 0 Å². The lowest BCUT2D eigenvalue weighted by atomic mass is 10.1. The van der Waals surface area contributed by atoms with Crippen LogP contribution in [0.5, 0.6) is 5.75 Å². The second-order valence-electron chi connectivity index (χ2n) is 4.76. The molecule has 1 N–H and O–H groups in total. The summed E-state index contributed by atoms with van der Waals surface area (Å²) in [6.07, 6.45) is 3.78. The zero-order valence-corrected chi connectivity index (χ0v) is 10.3. The normalized spacial score (nSPS) is 24.4. The molecular weight excluding hydrogens is 200 g/mol. The first-order valence-corrected chi connectivity index (χ1v) is 5.97. The summed E-state index contributed by atoms with van der Waals surface area (Å²) in [5, 5.41) is 3.50. The van der Waals surface area contributed by atoms with Gasteiger partial charge >= 0.3 is 0 Å². The van der Waals surface area contributed by atoms with Crippen molar-refractivity contribution in [2.24, 2.45) is 5.92 Å². The van der Waals surface area contributed by atoms with E-state index in [0.717, 1.165) is 23.2 Å². The van der Waals surface area contributed by atoms with Gasteiger partial charge in [-0.2, -0.15) is 0 Å². The number of aromatic nitrogens is 1. The number of hydrogen-bond donors (Lipinski definition) is 1. The van der Waals surface area contributed by atoms with Gasteiger partial charge in [-0.25, -0.2) is 4.98 Å². The van der Waals surface area contributed by atoms with E-state index in [0.29, 0.717) is 6.04 Å². The summed E-state index contributed by atoms with van der Waals surface area (Å²) in [6, 6.07) is 4.50. The van der Waals surface area contributed by atoms with Crippen LogP contribution in [0, 0.1) is 12.8 Å². The largest absolute Gasteiger partial charge is 0.493 e. The van der Waals surface area contributed by atoms with Gasteiger partial charge in [-0.15, -0.1) is 0 Å². The SMILES string of the molecule is COc1ccc(C)nc1NC1CCC(C)C1. The minimum atomic E-state index is 0.554. The van der Waals surface area contributed by atoms with E-state index in [4.69, 9.17) is 4.74 Å². The standard InChI is InChI=1S/C13H20N2O/c1-9-4-6-11(8-9)15-13-12(16-3)7-5-10(2)14-13/h5,7,9,11H,4,6,8H2,1-3H3,(H,14,15). The molecule has 1 heterocycles. The number of rotatable bonds is 3. The van der Waals surface area contributed by atoms with Crippen molar-refractivity contribution in [3.05, 3.63) is 17.8 Å². The zero-order valence-electron chi connectivity index (χ0n) is 10.3. The molecule has 0 amide bonds. The molecule has 2 atom stereocenters. The van der Waals surface area contributed by atoms with Gasteiger partial charge in [0.1, 0.15) is 0 Å². The second kappa shape index (κ2) is 4.73. The van der Waals surface area contributed by atoms with Gasteiger partial charge in [-0.3, -0.25) is 0 Å². The van der Waals surface area contributed by atoms with Crippen molar-refractivity contribution < 1.29 is 4.74 Å². The Hall–Kier alpha value is -1.25. The van der Waals surface area contributed by atoms with E-state index in [1.807, 2.05) is 19.1 Å². The lowest BCUT2D eigenvalue weighted by Gasteiger charge is -2.16. The molecule has 0 aliphatic heterocycles. The molecular formula is C13H20N2O. The summed E-state index contributed by atoms with van der Waals surface area (Å²) < 4.78 is 5.31. The molecule has 0 saturated heterocycles. The van der Waals surface area contributed by atoms with Crippen LogP contribution in [0.3, 0.4) is 0 Å². The molecule has 1 aliphatic rings. The average molecular weight is 220 g/mol. The Morgan fingerprint density at radius 2 is 2.19 bits per heavy atom. The van der Waals surface area contributed by atoms with Crippen molar-refractivity contribution in [3.8, 4) is 5.75 Å². The highest BCUT2D eigenvalue weighted by atomic mass is 16.5. The molecule has 0 aromatic carbocycles. The zero-order chi connectivity index (χ0) is 11.5. The van der Waals surface area contributed by atoms with Crippen molar-refractivity contribution in [1.29, 1.82) is 0 Å². The molecule has 3 nitrogen and oxygen atoms in total. The molecule has 16 heavy (non-hydrogen) atoms. The van der Waals surface area contributed by atoms with E-state index >= 15 is 0 Å². The van der Waals surface area contributed by atoms with E-state index in [-0.39, 0.29) is 0 Å². The molecule has 1 saturated carbocycles. The number of ether oxygens (including phenoxy) is 1. The van der Waals surface area contributed by atoms with Crippen LogP contribution in [0.15, 0.2) is 12.1 Å². The van der Waals surface area contributed by atoms with Crippen LogP contribution >= 0.6 is 0 Å². The fourth-order valence-electron chi connectivity index (χ4n) is 2.34. The molecule has 1 aromatic heterocycles. The smallest absolute Gasteiger partial charge is 0.169 e. The number of hydrogen-bond acceptors (Lipinski definition) is 3. The van der Waals surface area contributed by atoms with Gasteiger partial charge < -0.3 is 10.1 Å². The van der Waals surface area contributed by atoms with Crippen molar-refractivity contribution in [2.75, 3.05) is 12.4 Å². The third-order valence-electron chi connectivity index (χ3n) is 3.25. The molecule has 1 aliphatic carbocycles. The summed E-state index contributed by atoms with van der Waals surface area (Å²) in [6.45, 7) is 4.31. The van der Waals surface area contributed by atoms with E-state index in [1.54, 1.807) is 7.11 Å². The number of nitrogens with zero attached hydrogens (tertiary/aromatic N) is 1. The van der Waals surface area contributed by atoms with Crippen LogP contribution in [0.25, 0.3) is 0 Å². The van der Waals surface area contributed by atoms with Crippen LogP contribution in [-0.2, 0) is 0 Å². The quantitative estimate of drug-likeness (QED) is 0.850. The van der Waals surface area contributed by atoms with Crippen molar-refractivity contribution in [3.63, 3.8) is 0 Å². The topological polar surface area (TPSA) is 34.1 Å². The number of methoxy groups -OCH3 is 1. The first kappa shape index (κ1) is 11.2. The first-order chi connectivity index (χ1) is 7.69. The first-order valence-electron chi connectivity index (χ1n) is 5.97. The van der Waals surface area contributed by atoms with E-state index in [1.165, 1.54) is 19.3 Å². The summed E-state index contributed by atoms with van der Waals surface area (Å²) in [5.74, 6) is 2.56. The highest BCUT2D eigenvalue weighted by Gasteiger charge is 2.22. The van der Waals surface area contributed by atoms with Crippen LogP contribution < -0.4 is 10.1 Å². The lowest BCUT2D eigenvalue weighted by Crippen LogP contribution is -2.17. The van der Waals surface area contributed by atoms with Crippen molar-refractivity contribution >= 4 is 5.82 Å². The second-order valence-corrected chi connectivity index (χ2v) is 4.76. The number of aryl methyl sites for hydroxylation is 1. The maximum Gasteiger partial charge on any atom is 0.169 e. The van der Waals surface area contributed by atoms with Gasteiger partial charge in [0.15, 0.2) is 11.6 Å². The Bertz CT molecular complexity index is 365. The van der Waals surface area contributed by atoms with Crippen LogP contribution in [0.2, 0.25) is 0 Å².